The SMILES string of the molecule is CC(C)N(CC(=O)O)C(=O)c1ccc(Cl)cc1Br. The zero-order chi connectivity index (χ0) is 13.9. The maximum Gasteiger partial charge on any atom is 0.323 e. The van der Waals surface area contributed by atoms with E-state index in [1.165, 1.54) is 4.90 Å². The van der Waals surface area contributed by atoms with Crippen molar-refractivity contribution in [3.63, 3.8) is 0 Å². The van der Waals surface area contributed by atoms with E-state index < -0.39 is 5.97 Å². The van der Waals surface area contributed by atoms with Crippen LogP contribution in [-0.4, -0.2) is 34.5 Å². The van der Waals surface area contributed by atoms with Crippen molar-refractivity contribution in [2.75, 3.05) is 6.54 Å². The molecule has 0 aliphatic heterocycles. The van der Waals surface area contributed by atoms with E-state index in [9.17, 15) is 9.59 Å². The Morgan fingerprint density at radius 3 is 2.50 bits per heavy atom. The molecule has 1 rings (SSSR count). The fourth-order valence-corrected chi connectivity index (χ4v) is 2.30. The van der Waals surface area contributed by atoms with Gasteiger partial charge in [-0.1, -0.05) is 11.6 Å². The Hall–Kier alpha value is -1.07. The first kappa shape index (κ1) is 15.0. The predicted octanol–water partition coefficient (Wildman–Crippen LogP) is 3.04. The van der Waals surface area contributed by atoms with Crippen molar-refractivity contribution in [2.24, 2.45) is 0 Å². The summed E-state index contributed by atoms with van der Waals surface area (Å²) in [6.45, 7) is 3.21. The van der Waals surface area contributed by atoms with Crippen molar-refractivity contribution < 1.29 is 14.7 Å². The van der Waals surface area contributed by atoms with Crippen molar-refractivity contribution in [3.05, 3.63) is 33.3 Å². The van der Waals surface area contributed by atoms with Gasteiger partial charge in [-0.25, -0.2) is 0 Å². The highest BCUT2D eigenvalue weighted by molar-refractivity contribution is 9.10. The van der Waals surface area contributed by atoms with Gasteiger partial charge in [-0.15, -0.1) is 0 Å². The zero-order valence-electron chi connectivity index (χ0n) is 9.98. The van der Waals surface area contributed by atoms with Gasteiger partial charge in [-0.2, -0.15) is 0 Å². The Balaban J connectivity index is 3.05. The van der Waals surface area contributed by atoms with Crippen LogP contribution in [0.25, 0.3) is 0 Å². The summed E-state index contributed by atoms with van der Waals surface area (Å²) in [6.07, 6.45) is 0. The Kier molecular flexibility index (Phi) is 5.16. The number of carboxylic acids is 1. The van der Waals surface area contributed by atoms with Crippen LogP contribution in [0.3, 0.4) is 0 Å². The number of carbonyl (C=O) groups excluding carboxylic acids is 1. The molecule has 1 aromatic rings. The van der Waals surface area contributed by atoms with E-state index in [1.54, 1.807) is 32.0 Å². The summed E-state index contributed by atoms with van der Waals surface area (Å²) in [5, 5.41) is 9.32. The quantitative estimate of drug-likeness (QED) is 0.921. The van der Waals surface area contributed by atoms with Gasteiger partial charge in [0.2, 0.25) is 0 Å². The molecule has 0 saturated heterocycles. The fourth-order valence-electron chi connectivity index (χ4n) is 1.45. The fraction of sp³-hybridized carbons (Fsp3) is 0.333. The van der Waals surface area contributed by atoms with Crippen LogP contribution >= 0.6 is 27.5 Å². The molecule has 4 nitrogen and oxygen atoms in total. The van der Waals surface area contributed by atoms with Crippen molar-refractivity contribution in [3.8, 4) is 0 Å². The first-order chi connectivity index (χ1) is 8.32. The number of nitrogens with zero attached hydrogens (tertiary/aromatic N) is 1. The van der Waals surface area contributed by atoms with E-state index in [0.29, 0.717) is 15.1 Å². The smallest absolute Gasteiger partial charge is 0.323 e. The molecule has 18 heavy (non-hydrogen) atoms. The monoisotopic (exact) mass is 333 g/mol. The molecule has 98 valence electrons. The third-order valence-electron chi connectivity index (χ3n) is 2.35. The lowest BCUT2D eigenvalue weighted by atomic mass is 10.1. The lowest BCUT2D eigenvalue weighted by molar-refractivity contribution is -0.138. The van der Waals surface area contributed by atoms with Crippen LogP contribution < -0.4 is 0 Å². The van der Waals surface area contributed by atoms with Gasteiger partial charge in [0.1, 0.15) is 6.54 Å². The molecule has 0 radical (unpaired) electrons. The molecule has 0 bridgehead atoms. The maximum absolute atomic E-state index is 12.2. The molecule has 0 spiro atoms. The van der Waals surface area contributed by atoms with Gasteiger partial charge < -0.3 is 10.0 Å². The number of benzene rings is 1. The van der Waals surface area contributed by atoms with E-state index in [2.05, 4.69) is 15.9 Å². The number of halogens is 2. The maximum atomic E-state index is 12.2. The Morgan fingerprint density at radius 2 is 2.06 bits per heavy atom. The molecule has 0 aliphatic carbocycles. The lowest BCUT2D eigenvalue weighted by Gasteiger charge is -2.25. The Labute approximate surface area is 119 Å². The van der Waals surface area contributed by atoms with Crippen molar-refractivity contribution >= 4 is 39.4 Å². The van der Waals surface area contributed by atoms with Gasteiger partial charge in [0, 0.05) is 15.5 Å². The number of aliphatic carboxylic acids is 1. The summed E-state index contributed by atoms with van der Waals surface area (Å²) >= 11 is 9.05. The van der Waals surface area contributed by atoms with E-state index in [-0.39, 0.29) is 18.5 Å². The minimum absolute atomic E-state index is 0.198. The number of hydrogen-bond donors (Lipinski definition) is 1. The van der Waals surface area contributed by atoms with Crippen LogP contribution in [0.5, 0.6) is 0 Å². The molecule has 0 fully saturated rings. The van der Waals surface area contributed by atoms with Crippen molar-refractivity contribution in [2.45, 2.75) is 19.9 Å². The first-order valence-corrected chi connectivity index (χ1v) is 6.48. The molecule has 1 N–H and O–H groups in total. The summed E-state index contributed by atoms with van der Waals surface area (Å²) < 4.78 is 0.552. The second-order valence-electron chi connectivity index (χ2n) is 4.04. The number of carboxylic acid groups (broad SMARTS) is 1. The third-order valence-corrected chi connectivity index (χ3v) is 3.24. The summed E-state index contributed by atoms with van der Waals surface area (Å²) in [6, 6.07) is 4.58. The number of hydrogen-bond acceptors (Lipinski definition) is 2. The molecule has 0 heterocycles. The minimum Gasteiger partial charge on any atom is -0.480 e. The van der Waals surface area contributed by atoms with Gasteiger partial charge in [-0.3, -0.25) is 9.59 Å². The zero-order valence-corrected chi connectivity index (χ0v) is 12.3. The average molecular weight is 335 g/mol. The summed E-state index contributed by atoms with van der Waals surface area (Å²) in [5.41, 5.74) is 0.398. The highest BCUT2D eigenvalue weighted by Crippen LogP contribution is 2.23. The molecule has 0 aromatic heterocycles. The van der Waals surface area contributed by atoms with Crippen molar-refractivity contribution in [1.82, 2.24) is 4.90 Å². The molecule has 6 heteroatoms. The molecular weight excluding hydrogens is 321 g/mol. The second kappa shape index (κ2) is 6.20. The standard InChI is InChI=1S/C12H13BrClNO3/c1-7(2)15(6-11(16)17)12(18)9-4-3-8(14)5-10(9)13/h3-5,7H,6H2,1-2H3,(H,16,17). The molecule has 0 atom stereocenters. The topological polar surface area (TPSA) is 57.6 Å². The van der Waals surface area contributed by atoms with E-state index in [4.69, 9.17) is 16.7 Å². The molecule has 0 aliphatic rings. The number of carbonyl (C=O) groups is 2. The van der Waals surface area contributed by atoms with Crippen LogP contribution in [-0.2, 0) is 4.79 Å². The molecule has 1 amide bonds. The Bertz CT molecular complexity index is 476. The summed E-state index contributed by atoms with van der Waals surface area (Å²) in [4.78, 5) is 24.3. The van der Waals surface area contributed by atoms with E-state index in [0.717, 1.165) is 0 Å². The lowest BCUT2D eigenvalue weighted by Crippen LogP contribution is -2.40. The van der Waals surface area contributed by atoms with Crippen molar-refractivity contribution in [1.29, 1.82) is 0 Å². The van der Waals surface area contributed by atoms with Crippen LogP contribution in [0.2, 0.25) is 5.02 Å². The second-order valence-corrected chi connectivity index (χ2v) is 5.34. The van der Waals surface area contributed by atoms with E-state index >= 15 is 0 Å². The first-order valence-electron chi connectivity index (χ1n) is 5.30. The largest absolute Gasteiger partial charge is 0.480 e. The Morgan fingerprint density at radius 1 is 1.44 bits per heavy atom. The van der Waals surface area contributed by atoms with E-state index in [1.807, 2.05) is 0 Å². The molecule has 1 aromatic carbocycles. The normalized spacial score (nSPS) is 10.5. The third kappa shape index (κ3) is 3.71. The van der Waals surface area contributed by atoms with Gasteiger partial charge in [0.05, 0.1) is 5.56 Å². The molecular formula is C12H13BrClNO3. The minimum atomic E-state index is -1.04. The van der Waals surface area contributed by atoms with Crippen LogP contribution in [0.15, 0.2) is 22.7 Å². The number of rotatable bonds is 4. The number of amides is 1. The molecule has 0 unspecified atom stereocenters. The van der Waals surface area contributed by atoms with Gasteiger partial charge >= 0.3 is 5.97 Å². The molecule has 0 saturated carbocycles. The van der Waals surface area contributed by atoms with Crippen LogP contribution in [0, 0.1) is 0 Å². The highest BCUT2D eigenvalue weighted by atomic mass is 79.9. The average Bonchev–Trinajstić information content (AvgIpc) is 2.24. The predicted molar refractivity (Wildman–Crippen MR) is 73.0 cm³/mol. The highest BCUT2D eigenvalue weighted by Gasteiger charge is 2.22. The summed E-state index contributed by atoms with van der Waals surface area (Å²) in [7, 11) is 0. The summed E-state index contributed by atoms with van der Waals surface area (Å²) in [5.74, 6) is -1.38. The van der Waals surface area contributed by atoms with Gasteiger partial charge in [0.15, 0.2) is 0 Å². The van der Waals surface area contributed by atoms with Gasteiger partial charge in [0.25, 0.3) is 5.91 Å². The van der Waals surface area contributed by atoms with Crippen LogP contribution in [0.4, 0.5) is 0 Å². The van der Waals surface area contributed by atoms with Crippen LogP contribution in [0.1, 0.15) is 24.2 Å². The van der Waals surface area contributed by atoms with Gasteiger partial charge in [-0.05, 0) is 48.0 Å².